The molecule has 1 heterocycles. The van der Waals surface area contributed by atoms with Gasteiger partial charge in [-0.15, -0.1) is 11.3 Å². The zero-order valence-electron chi connectivity index (χ0n) is 5.79. The maximum Gasteiger partial charge on any atom is 0.220 e. The summed E-state index contributed by atoms with van der Waals surface area (Å²) >= 11 is 1.64. The lowest BCUT2D eigenvalue weighted by molar-refractivity contribution is 1.01. The molecule has 0 atom stereocenters. The van der Waals surface area contributed by atoms with Gasteiger partial charge in [0.15, 0.2) is 0 Å². The van der Waals surface area contributed by atoms with Crippen LogP contribution in [0.5, 0.6) is 0 Å². The number of hydrogen-bond donors (Lipinski definition) is 0. The van der Waals surface area contributed by atoms with Gasteiger partial charge in [-0.1, -0.05) is 0 Å². The van der Waals surface area contributed by atoms with Gasteiger partial charge >= 0.3 is 0 Å². The molecule has 0 fully saturated rings. The molecule has 0 radical (unpaired) electrons. The van der Waals surface area contributed by atoms with Crippen LogP contribution in [0.4, 0.5) is 0 Å². The highest BCUT2D eigenvalue weighted by molar-refractivity contribution is 7.09. The third-order valence-electron chi connectivity index (χ3n) is 1.15. The minimum absolute atomic E-state index is 0.559. The van der Waals surface area contributed by atoms with Crippen LogP contribution in [0.2, 0.25) is 0 Å². The van der Waals surface area contributed by atoms with E-state index in [1.54, 1.807) is 11.3 Å². The summed E-state index contributed by atoms with van der Waals surface area (Å²) in [6.07, 6.45) is 0.799. The summed E-state index contributed by atoms with van der Waals surface area (Å²) < 4.78 is 0. The van der Waals surface area contributed by atoms with Crippen LogP contribution >= 0.6 is 11.3 Å². The van der Waals surface area contributed by atoms with Gasteiger partial charge in [0.1, 0.15) is 0 Å². The number of hydrogen-bond acceptors (Lipinski definition) is 2. The lowest BCUT2D eigenvalue weighted by Gasteiger charge is -1.82. The summed E-state index contributed by atoms with van der Waals surface area (Å²) in [4.78, 5) is 7.48. The van der Waals surface area contributed by atoms with Crippen molar-refractivity contribution in [1.29, 1.82) is 0 Å². The molecule has 0 aliphatic rings. The Bertz CT molecular complexity index is 246. The molecular formula is C7H8N2S. The fraction of sp³-hybridized carbons (Fsp3) is 0.429. The van der Waals surface area contributed by atoms with Crippen LogP contribution in [0, 0.1) is 13.5 Å². The first kappa shape index (κ1) is 7.23. The molecule has 3 heteroatoms. The van der Waals surface area contributed by atoms with Crippen LogP contribution in [-0.4, -0.2) is 11.5 Å². The van der Waals surface area contributed by atoms with E-state index in [4.69, 9.17) is 6.57 Å². The Balaban J connectivity index is 2.52. The number of nitrogens with zero attached hydrogens (tertiary/aromatic N) is 2. The van der Waals surface area contributed by atoms with Crippen molar-refractivity contribution < 1.29 is 0 Å². The van der Waals surface area contributed by atoms with E-state index in [1.807, 2.05) is 12.3 Å². The van der Waals surface area contributed by atoms with Crippen molar-refractivity contribution in [2.24, 2.45) is 0 Å². The summed E-state index contributed by atoms with van der Waals surface area (Å²) in [5.74, 6) is 0. The van der Waals surface area contributed by atoms with Crippen LogP contribution in [0.1, 0.15) is 10.7 Å². The van der Waals surface area contributed by atoms with E-state index in [0.717, 1.165) is 17.1 Å². The van der Waals surface area contributed by atoms with Gasteiger partial charge < -0.3 is 4.85 Å². The van der Waals surface area contributed by atoms with Gasteiger partial charge in [0.25, 0.3) is 0 Å². The largest absolute Gasteiger partial charge is 0.317 e. The first-order chi connectivity index (χ1) is 4.83. The number of aryl methyl sites for hydroxylation is 1. The van der Waals surface area contributed by atoms with Crippen LogP contribution < -0.4 is 0 Å². The van der Waals surface area contributed by atoms with E-state index in [2.05, 4.69) is 9.83 Å². The van der Waals surface area contributed by atoms with Crippen LogP contribution in [0.3, 0.4) is 0 Å². The number of rotatable bonds is 2. The van der Waals surface area contributed by atoms with E-state index in [0.29, 0.717) is 6.54 Å². The summed E-state index contributed by atoms with van der Waals surface area (Å²) in [7, 11) is 0. The molecule has 0 aliphatic carbocycles. The van der Waals surface area contributed by atoms with E-state index in [1.165, 1.54) is 0 Å². The molecule has 0 N–H and O–H groups in total. The Morgan fingerprint density at radius 1 is 1.80 bits per heavy atom. The quantitative estimate of drug-likeness (QED) is 0.592. The van der Waals surface area contributed by atoms with Gasteiger partial charge in [-0.2, -0.15) is 0 Å². The van der Waals surface area contributed by atoms with Crippen molar-refractivity contribution in [3.63, 3.8) is 0 Å². The zero-order valence-corrected chi connectivity index (χ0v) is 6.61. The molecule has 0 amide bonds. The maximum atomic E-state index is 6.56. The van der Waals surface area contributed by atoms with Crippen LogP contribution in [0.15, 0.2) is 5.38 Å². The van der Waals surface area contributed by atoms with Crippen LogP contribution in [0.25, 0.3) is 4.85 Å². The molecule has 52 valence electrons. The van der Waals surface area contributed by atoms with E-state index < -0.39 is 0 Å². The zero-order chi connectivity index (χ0) is 7.40. The van der Waals surface area contributed by atoms with Crippen molar-refractivity contribution in [1.82, 2.24) is 4.98 Å². The Morgan fingerprint density at radius 2 is 2.60 bits per heavy atom. The SMILES string of the molecule is [C-]#[N+]CCc1csc(C)n1. The third kappa shape index (κ3) is 1.82. The Hall–Kier alpha value is -0.880. The van der Waals surface area contributed by atoms with Crippen molar-refractivity contribution in [2.45, 2.75) is 13.3 Å². The van der Waals surface area contributed by atoms with Gasteiger partial charge in [0.05, 0.1) is 17.1 Å². The van der Waals surface area contributed by atoms with Gasteiger partial charge in [-0.3, -0.25) is 0 Å². The maximum absolute atomic E-state index is 6.56. The molecule has 1 aromatic heterocycles. The second kappa shape index (κ2) is 3.33. The molecule has 10 heavy (non-hydrogen) atoms. The first-order valence-corrected chi connectivity index (χ1v) is 3.95. The van der Waals surface area contributed by atoms with E-state index in [-0.39, 0.29) is 0 Å². The highest BCUT2D eigenvalue weighted by Gasteiger charge is 1.97. The van der Waals surface area contributed by atoms with Gasteiger partial charge in [0.2, 0.25) is 6.54 Å². The Morgan fingerprint density at radius 3 is 3.10 bits per heavy atom. The lowest BCUT2D eigenvalue weighted by Crippen LogP contribution is -1.86. The van der Waals surface area contributed by atoms with Gasteiger partial charge in [-0.05, 0) is 6.92 Å². The predicted molar refractivity (Wildman–Crippen MR) is 42.0 cm³/mol. The van der Waals surface area contributed by atoms with Crippen molar-refractivity contribution >= 4 is 11.3 Å². The molecule has 0 saturated heterocycles. The molecule has 0 saturated carbocycles. The fourth-order valence-electron chi connectivity index (χ4n) is 0.694. The Labute approximate surface area is 64.4 Å². The molecule has 0 aliphatic heterocycles. The first-order valence-electron chi connectivity index (χ1n) is 3.07. The smallest absolute Gasteiger partial charge is 0.220 e. The minimum atomic E-state index is 0.559. The summed E-state index contributed by atoms with van der Waals surface area (Å²) in [6.45, 7) is 9.10. The van der Waals surface area contributed by atoms with Gasteiger partial charge in [-0.25, -0.2) is 11.6 Å². The number of aromatic nitrogens is 1. The molecule has 0 unspecified atom stereocenters. The van der Waals surface area contributed by atoms with E-state index >= 15 is 0 Å². The second-order valence-corrected chi connectivity index (χ2v) is 3.05. The van der Waals surface area contributed by atoms with Crippen molar-refractivity contribution in [2.75, 3.05) is 6.54 Å². The minimum Gasteiger partial charge on any atom is -0.317 e. The lowest BCUT2D eigenvalue weighted by atomic mass is 10.3. The molecule has 2 nitrogen and oxygen atoms in total. The third-order valence-corrected chi connectivity index (χ3v) is 1.97. The Kier molecular flexibility index (Phi) is 2.41. The van der Waals surface area contributed by atoms with E-state index in [9.17, 15) is 0 Å². The average Bonchev–Trinajstić information content (AvgIpc) is 2.31. The summed E-state index contributed by atoms with van der Waals surface area (Å²) in [6, 6.07) is 0. The van der Waals surface area contributed by atoms with Crippen molar-refractivity contribution in [3.05, 3.63) is 27.5 Å². The summed E-state index contributed by atoms with van der Waals surface area (Å²) in [5.41, 5.74) is 1.05. The molecule has 1 rings (SSSR count). The predicted octanol–water partition coefficient (Wildman–Crippen LogP) is 1.91. The summed E-state index contributed by atoms with van der Waals surface area (Å²) in [5, 5.41) is 3.10. The molecule has 0 bridgehead atoms. The highest BCUT2D eigenvalue weighted by atomic mass is 32.1. The molecule has 0 spiro atoms. The standard InChI is InChI=1S/C7H8N2S/c1-6-9-7(5-10-6)3-4-8-2/h5H,3-4H2,1H3. The number of thiazole rings is 1. The monoisotopic (exact) mass is 152 g/mol. The normalized spacial score (nSPS) is 9.20. The molecule has 1 aromatic rings. The highest BCUT2D eigenvalue weighted by Crippen LogP contribution is 2.07. The topological polar surface area (TPSA) is 17.2 Å². The average molecular weight is 152 g/mol. The second-order valence-electron chi connectivity index (χ2n) is 1.99. The van der Waals surface area contributed by atoms with Crippen molar-refractivity contribution in [3.8, 4) is 0 Å². The fourth-order valence-corrected chi connectivity index (χ4v) is 1.34. The van der Waals surface area contributed by atoms with Gasteiger partial charge in [0, 0.05) is 5.38 Å². The molecule has 0 aromatic carbocycles. The van der Waals surface area contributed by atoms with Crippen LogP contribution in [-0.2, 0) is 6.42 Å². The molecular weight excluding hydrogens is 144 g/mol.